The van der Waals surface area contributed by atoms with Crippen LogP contribution in [-0.2, 0) is 13.5 Å². The summed E-state index contributed by atoms with van der Waals surface area (Å²) in [6.07, 6.45) is 5.95. The summed E-state index contributed by atoms with van der Waals surface area (Å²) in [5.74, 6) is 0. The van der Waals surface area contributed by atoms with Crippen molar-refractivity contribution in [2.24, 2.45) is 0 Å². The smallest absolute Gasteiger partial charge is 0.261 e. The van der Waals surface area contributed by atoms with E-state index in [9.17, 15) is 0 Å². The lowest BCUT2D eigenvalue weighted by Gasteiger charge is -2.43. The fourth-order valence-corrected chi connectivity index (χ4v) is 10.0. The number of epoxide rings is 2. The van der Waals surface area contributed by atoms with E-state index in [0.717, 1.165) is 12.5 Å². The standard InChI is InChI=1S/C25H33O3Si/c1-25(2,3)29(19-11-6-4-7-12-19,20-13-8-5-9-14-20)26-18-22-21(27-22)17-24-23-15-10-16-28(23)24/h4-9,11-14,21-24H,10,15-18H2,1-3H3/q+1/t21-,22-,23-,24-/m1/s1. The second-order valence-electron chi connectivity index (χ2n) is 9.82. The molecule has 3 aliphatic rings. The number of ether oxygens (including phenoxy) is 1. The monoisotopic (exact) mass is 409 g/mol. The van der Waals surface area contributed by atoms with E-state index in [1.165, 1.54) is 29.8 Å². The van der Waals surface area contributed by atoms with Crippen LogP contribution in [0.25, 0.3) is 0 Å². The van der Waals surface area contributed by atoms with Crippen molar-refractivity contribution in [2.75, 3.05) is 13.2 Å². The second-order valence-corrected chi connectivity index (χ2v) is 14.1. The summed E-state index contributed by atoms with van der Waals surface area (Å²) < 4.78 is 16.5. The Morgan fingerprint density at radius 1 is 0.966 bits per heavy atom. The van der Waals surface area contributed by atoms with Crippen LogP contribution in [0, 0.1) is 0 Å². The van der Waals surface area contributed by atoms with Crippen molar-refractivity contribution >= 4 is 18.7 Å². The molecule has 3 fully saturated rings. The van der Waals surface area contributed by atoms with Crippen molar-refractivity contribution in [3.8, 4) is 0 Å². The Balaban J connectivity index is 1.35. The third kappa shape index (κ3) is 3.50. The molecule has 0 N–H and O–H groups in total. The predicted molar refractivity (Wildman–Crippen MR) is 120 cm³/mol. The largest absolute Gasteiger partial charge is 0.406 e. The van der Waals surface area contributed by atoms with Gasteiger partial charge in [0.1, 0.15) is 12.7 Å². The van der Waals surface area contributed by atoms with Gasteiger partial charge in [-0.05, 0) is 15.4 Å². The third-order valence-electron chi connectivity index (χ3n) is 7.02. The van der Waals surface area contributed by atoms with E-state index < -0.39 is 8.32 Å². The fourth-order valence-electron chi connectivity index (χ4n) is 5.45. The normalized spacial score (nSPS) is 28.9. The zero-order chi connectivity index (χ0) is 20.1. The van der Waals surface area contributed by atoms with Gasteiger partial charge in [0.05, 0.1) is 19.1 Å². The third-order valence-corrected chi connectivity index (χ3v) is 12.0. The minimum Gasteiger partial charge on any atom is -0.406 e. The van der Waals surface area contributed by atoms with Gasteiger partial charge in [-0.25, -0.2) is 0 Å². The molecule has 5 rings (SSSR count). The Labute approximate surface area is 175 Å². The van der Waals surface area contributed by atoms with Crippen LogP contribution in [0.15, 0.2) is 60.7 Å². The highest BCUT2D eigenvalue weighted by atomic mass is 28.4. The van der Waals surface area contributed by atoms with Gasteiger partial charge >= 0.3 is 0 Å². The van der Waals surface area contributed by atoms with Crippen LogP contribution >= 0.6 is 0 Å². The zero-order valence-electron chi connectivity index (χ0n) is 17.8. The first-order valence-electron chi connectivity index (χ1n) is 11.1. The van der Waals surface area contributed by atoms with Gasteiger partial charge in [-0.15, -0.1) is 0 Å². The van der Waals surface area contributed by atoms with Crippen LogP contribution in [0.4, 0.5) is 0 Å². The molecule has 0 amide bonds. The Hall–Kier alpha value is -1.46. The topological polar surface area (TPSA) is 24.5 Å². The molecular formula is C25H33O3Si+. The van der Waals surface area contributed by atoms with E-state index in [1.807, 2.05) is 0 Å². The van der Waals surface area contributed by atoms with Crippen LogP contribution in [0.5, 0.6) is 0 Å². The summed E-state index contributed by atoms with van der Waals surface area (Å²) in [5, 5.41) is 2.71. The summed E-state index contributed by atoms with van der Waals surface area (Å²) >= 11 is 0. The van der Waals surface area contributed by atoms with Crippen molar-refractivity contribution in [3.05, 3.63) is 60.7 Å². The number of rotatable bonds is 7. The molecule has 0 bridgehead atoms. The molecular weight excluding hydrogens is 376 g/mol. The van der Waals surface area contributed by atoms with Crippen molar-refractivity contribution in [2.45, 2.75) is 69.5 Å². The van der Waals surface area contributed by atoms with Gasteiger partial charge in [-0.2, -0.15) is 0 Å². The average Bonchev–Trinajstić information content (AvgIpc) is 3.56. The zero-order valence-corrected chi connectivity index (χ0v) is 18.8. The molecule has 154 valence electrons. The van der Waals surface area contributed by atoms with Gasteiger partial charge in [-0.3, -0.25) is 0 Å². The number of hydrogen-bond acceptors (Lipinski definition) is 2. The molecule has 3 heterocycles. The minimum absolute atomic E-state index is 0.0230. The average molecular weight is 410 g/mol. The molecule has 29 heavy (non-hydrogen) atoms. The van der Waals surface area contributed by atoms with Crippen LogP contribution in [0.3, 0.4) is 0 Å². The molecule has 3 aliphatic heterocycles. The maximum atomic E-state index is 7.01. The molecule has 2 aromatic carbocycles. The Morgan fingerprint density at radius 2 is 1.59 bits per heavy atom. The summed E-state index contributed by atoms with van der Waals surface area (Å²) in [5.41, 5.74) is 0. The lowest BCUT2D eigenvalue weighted by molar-refractivity contribution is 0.0520. The van der Waals surface area contributed by atoms with Crippen molar-refractivity contribution < 1.29 is 13.5 Å². The molecule has 0 aromatic heterocycles. The molecule has 3 nitrogen and oxygen atoms in total. The number of hydrogen-bond donors (Lipinski definition) is 0. The minimum atomic E-state index is -2.44. The molecule has 4 heteroatoms. The van der Waals surface area contributed by atoms with E-state index >= 15 is 0 Å². The first-order valence-corrected chi connectivity index (χ1v) is 13.0. The van der Waals surface area contributed by atoms with Gasteiger partial charge in [0.25, 0.3) is 8.32 Å². The summed E-state index contributed by atoms with van der Waals surface area (Å²) in [7, 11) is -2.44. The molecule has 0 saturated carbocycles. The van der Waals surface area contributed by atoms with E-state index in [-0.39, 0.29) is 11.1 Å². The Bertz CT molecular complexity index is 783. The van der Waals surface area contributed by atoms with E-state index in [4.69, 9.17) is 9.16 Å². The number of benzene rings is 2. The molecule has 0 unspecified atom stereocenters. The molecule has 0 aliphatic carbocycles. The summed E-state index contributed by atoms with van der Waals surface area (Å²) in [6, 6.07) is 21.8. The Kier molecular flexibility index (Phi) is 4.94. The highest BCUT2D eigenvalue weighted by Crippen LogP contribution is 2.48. The highest BCUT2D eigenvalue weighted by Gasteiger charge is 2.63. The van der Waals surface area contributed by atoms with Gasteiger partial charge in [0.2, 0.25) is 12.2 Å². The van der Waals surface area contributed by atoms with Crippen molar-refractivity contribution in [1.29, 1.82) is 0 Å². The van der Waals surface area contributed by atoms with E-state index in [2.05, 4.69) is 85.8 Å². The highest BCUT2D eigenvalue weighted by molar-refractivity contribution is 6.99. The fraction of sp³-hybridized carbons (Fsp3) is 0.520. The first kappa shape index (κ1) is 19.5. The molecule has 0 spiro atoms. The second kappa shape index (κ2) is 7.35. The van der Waals surface area contributed by atoms with Crippen LogP contribution in [0.1, 0.15) is 40.0 Å². The summed E-state index contributed by atoms with van der Waals surface area (Å²) in [6.45, 7) is 8.91. The van der Waals surface area contributed by atoms with Gasteiger partial charge in [-0.1, -0.05) is 81.4 Å². The van der Waals surface area contributed by atoms with Gasteiger partial charge in [0, 0.05) is 12.8 Å². The van der Waals surface area contributed by atoms with Gasteiger partial charge < -0.3 is 13.5 Å². The lowest BCUT2D eigenvalue weighted by Crippen LogP contribution is -2.66. The van der Waals surface area contributed by atoms with Crippen molar-refractivity contribution in [3.63, 3.8) is 0 Å². The van der Waals surface area contributed by atoms with Crippen LogP contribution in [-0.4, -0.2) is 45.9 Å². The van der Waals surface area contributed by atoms with Crippen molar-refractivity contribution in [1.82, 2.24) is 0 Å². The van der Waals surface area contributed by atoms with E-state index in [0.29, 0.717) is 18.8 Å². The molecule has 2 aromatic rings. The SMILES string of the molecule is CC(C)(C)[Si](OC[C@H]1O[C@@H]1C[C@@H]1[C@H]2CCC[O+]21)(c1ccccc1)c1ccccc1. The van der Waals surface area contributed by atoms with Crippen LogP contribution < -0.4 is 10.4 Å². The predicted octanol–water partition coefficient (Wildman–Crippen LogP) is 3.82. The maximum Gasteiger partial charge on any atom is 0.261 e. The maximum absolute atomic E-state index is 7.01. The van der Waals surface area contributed by atoms with E-state index in [1.54, 1.807) is 0 Å². The Morgan fingerprint density at radius 3 is 2.10 bits per heavy atom. The molecule has 3 saturated heterocycles. The first-order chi connectivity index (χ1) is 14.0. The quantitative estimate of drug-likeness (QED) is 0.394. The number of fused-ring (bicyclic) bond motifs is 1. The van der Waals surface area contributed by atoms with Crippen LogP contribution in [0.2, 0.25) is 5.04 Å². The summed E-state index contributed by atoms with van der Waals surface area (Å²) in [4.78, 5) is 0. The lowest BCUT2D eigenvalue weighted by atomic mass is 10.1. The molecule has 4 atom stereocenters. The molecule has 0 radical (unpaired) electrons. The van der Waals surface area contributed by atoms with Gasteiger partial charge in [0.15, 0.2) is 0 Å².